The Morgan fingerprint density at radius 1 is 0.657 bits per heavy atom. The van der Waals surface area contributed by atoms with Gasteiger partial charge in [-0.1, -0.05) is 77.9 Å². The quantitative estimate of drug-likeness (QED) is 0.167. The molecule has 0 unspecified atom stereocenters. The minimum atomic E-state index is -0.445. The van der Waals surface area contributed by atoms with Crippen LogP contribution in [0.5, 0.6) is 0 Å². The molecule has 172 valence electrons. The summed E-state index contributed by atoms with van der Waals surface area (Å²) in [5.74, 6) is 0. The van der Waals surface area contributed by atoms with Crippen molar-refractivity contribution in [3.05, 3.63) is 136 Å². The number of rotatable bonds is 7. The summed E-state index contributed by atoms with van der Waals surface area (Å²) in [4.78, 5) is 10.5. The van der Waals surface area contributed by atoms with Gasteiger partial charge in [0.05, 0.1) is 34.7 Å². The van der Waals surface area contributed by atoms with Gasteiger partial charge in [-0.25, -0.2) is 0 Å². The number of non-ortho nitro benzene ring substituents is 1. The van der Waals surface area contributed by atoms with Crippen LogP contribution in [0, 0.1) is 10.1 Å². The van der Waals surface area contributed by atoms with Crippen molar-refractivity contribution in [2.24, 2.45) is 15.4 Å². The Balaban J connectivity index is 1.63. The molecule has 0 bridgehead atoms. The Kier molecular flexibility index (Phi) is 6.25. The van der Waals surface area contributed by atoms with Crippen molar-refractivity contribution < 1.29 is 4.92 Å². The van der Waals surface area contributed by atoms with Crippen LogP contribution in [0.2, 0.25) is 0 Å². The minimum Gasteiger partial charge on any atom is -0.304 e. The molecule has 0 saturated heterocycles. The number of hydrogen-bond acceptors (Lipinski definition) is 4. The number of benzene rings is 4. The van der Waals surface area contributed by atoms with Crippen LogP contribution < -0.4 is 5.62 Å². The van der Waals surface area contributed by atoms with Gasteiger partial charge in [0.2, 0.25) is 5.62 Å². The van der Waals surface area contributed by atoms with Crippen molar-refractivity contribution >= 4 is 22.4 Å². The van der Waals surface area contributed by atoms with Gasteiger partial charge in [-0.3, -0.25) is 10.1 Å². The monoisotopic (exact) mass is 462 g/mol. The lowest BCUT2D eigenvalue weighted by atomic mass is 10.2. The topological polar surface area (TPSA) is 90.1 Å². The molecular weight excluding hydrogens is 440 g/mol. The summed E-state index contributed by atoms with van der Waals surface area (Å²) >= 11 is 0. The first-order valence-electron chi connectivity index (χ1n) is 11.1. The van der Waals surface area contributed by atoms with Gasteiger partial charge in [0.1, 0.15) is 0 Å². The van der Waals surface area contributed by atoms with Crippen molar-refractivity contribution in [1.29, 1.82) is 0 Å². The summed E-state index contributed by atoms with van der Waals surface area (Å²) in [5, 5.41) is 23.7. The molecule has 5 aromatic rings. The van der Waals surface area contributed by atoms with Crippen molar-refractivity contribution in [1.82, 2.24) is 9.13 Å². The molecular formula is C27H22N6O2. The summed E-state index contributed by atoms with van der Waals surface area (Å²) in [7, 11) is 0. The number of imidazole rings is 1. The van der Waals surface area contributed by atoms with Gasteiger partial charge >= 0.3 is 0 Å². The maximum absolute atomic E-state index is 10.9. The smallest absolute Gasteiger partial charge is 0.269 e. The highest BCUT2D eigenvalue weighted by Crippen LogP contribution is 2.19. The van der Waals surface area contributed by atoms with E-state index in [1.807, 2.05) is 48.5 Å². The molecule has 35 heavy (non-hydrogen) atoms. The largest absolute Gasteiger partial charge is 0.304 e. The highest BCUT2D eigenvalue weighted by Gasteiger charge is 2.13. The number of hydrogen-bond donors (Lipinski definition) is 0. The van der Waals surface area contributed by atoms with Crippen LogP contribution in [-0.2, 0) is 13.1 Å². The third kappa shape index (κ3) is 4.91. The second-order valence-electron chi connectivity index (χ2n) is 8.00. The van der Waals surface area contributed by atoms with E-state index in [9.17, 15) is 10.1 Å². The fourth-order valence-corrected chi connectivity index (χ4v) is 3.99. The number of nitro groups is 1. The molecule has 0 fully saturated rings. The van der Waals surface area contributed by atoms with Gasteiger partial charge in [0.25, 0.3) is 5.69 Å². The molecule has 0 aliphatic rings. The van der Waals surface area contributed by atoms with E-state index in [-0.39, 0.29) is 5.69 Å². The Bertz CT molecular complexity index is 1470. The first-order valence-corrected chi connectivity index (χ1v) is 11.1. The van der Waals surface area contributed by atoms with E-state index in [4.69, 9.17) is 0 Å². The lowest BCUT2D eigenvalue weighted by molar-refractivity contribution is -0.384. The predicted octanol–water partition coefficient (Wildman–Crippen LogP) is 6.05. The normalized spacial score (nSPS) is 11.2. The molecule has 0 amide bonds. The van der Waals surface area contributed by atoms with E-state index in [0.29, 0.717) is 24.4 Å². The third-order valence-electron chi connectivity index (χ3n) is 5.67. The van der Waals surface area contributed by atoms with Crippen LogP contribution in [0.1, 0.15) is 11.1 Å². The first-order chi connectivity index (χ1) is 17.2. The van der Waals surface area contributed by atoms with Crippen LogP contribution >= 0.6 is 0 Å². The number of aromatic nitrogens is 2. The first kappa shape index (κ1) is 22.0. The molecule has 4 aromatic carbocycles. The molecule has 0 atom stereocenters. The highest BCUT2D eigenvalue weighted by molar-refractivity contribution is 5.76. The molecule has 5 rings (SSSR count). The zero-order valence-corrected chi connectivity index (χ0v) is 18.8. The number of nitrogens with zero attached hydrogens (tertiary/aromatic N) is 6. The van der Waals surface area contributed by atoms with E-state index in [2.05, 4.69) is 61.0 Å². The number of fused-ring (bicyclic) bond motifs is 1. The molecule has 1 heterocycles. The fraction of sp³-hybridized carbons (Fsp3) is 0.0741. The maximum Gasteiger partial charge on any atom is 0.269 e. The van der Waals surface area contributed by atoms with E-state index < -0.39 is 4.92 Å². The van der Waals surface area contributed by atoms with Crippen LogP contribution in [-0.4, -0.2) is 14.1 Å². The van der Waals surface area contributed by atoms with Gasteiger partial charge in [-0.15, -0.1) is 5.11 Å². The van der Waals surface area contributed by atoms with Gasteiger partial charge in [-0.05, 0) is 40.6 Å². The van der Waals surface area contributed by atoms with Crippen LogP contribution in [0.4, 0.5) is 11.4 Å². The van der Waals surface area contributed by atoms with E-state index >= 15 is 0 Å². The van der Waals surface area contributed by atoms with Crippen LogP contribution in [0.25, 0.3) is 11.0 Å². The molecule has 0 spiro atoms. The van der Waals surface area contributed by atoms with Gasteiger partial charge in [0, 0.05) is 12.1 Å². The lowest BCUT2D eigenvalue weighted by Crippen LogP contribution is -2.26. The standard InChI is InChI=1S/C27H22N6O2/c34-33(35)24-17-15-23(16-18-24)28-30-29-27-31(19-21-9-3-1-4-10-21)25-13-7-8-14-26(25)32(27)20-22-11-5-2-6-12-22/h1-18H,19-20H2. The number of nitro benzene ring substituents is 1. The molecule has 0 N–H and O–H groups in total. The van der Waals surface area contributed by atoms with Crippen molar-refractivity contribution in [2.75, 3.05) is 0 Å². The molecule has 0 saturated carbocycles. The van der Waals surface area contributed by atoms with Crippen LogP contribution in [0.15, 0.2) is 125 Å². The molecule has 0 aliphatic heterocycles. The molecule has 8 heteroatoms. The Morgan fingerprint density at radius 3 is 1.63 bits per heavy atom. The Hall–Kier alpha value is -4.85. The zero-order valence-electron chi connectivity index (χ0n) is 18.8. The predicted molar refractivity (Wildman–Crippen MR) is 134 cm³/mol. The van der Waals surface area contributed by atoms with E-state index in [1.54, 1.807) is 12.1 Å². The second-order valence-corrected chi connectivity index (χ2v) is 8.00. The van der Waals surface area contributed by atoms with Crippen molar-refractivity contribution in [2.45, 2.75) is 13.1 Å². The summed E-state index contributed by atoms with van der Waals surface area (Å²) in [5.41, 5.74) is 5.51. The SMILES string of the molecule is O=[N+]([O-])c1ccc(N=NN=c2n(Cc3ccccc3)c3ccccc3n2Cc2ccccc2)cc1. The maximum atomic E-state index is 10.9. The summed E-state index contributed by atoms with van der Waals surface area (Å²) < 4.78 is 4.25. The molecule has 8 nitrogen and oxygen atoms in total. The van der Waals surface area contributed by atoms with E-state index in [0.717, 1.165) is 22.2 Å². The van der Waals surface area contributed by atoms with Gasteiger partial charge < -0.3 is 9.13 Å². The summed E-state index contributed by atoms with van der Waals surface area (Å²) in [6.07, 6.45) is 0. The second kappa shape index (κ2) is 9.96. The van der Waals surface area contributed by atoms with Crippen LogP contribution in [0.3, 0.4) is 0 Å². The van der Waals surface area contributed by atoms with Crippen molar-refractivity contribution in [3.8, 4) is 0 Å². The average Bonchev–Trinajstić information content (AvgIpc) is 3.18. The molecule has 0 aliphatic carbocycles. The highest BCUT2D eigenvalue weighted by atomic mass is 16.6. The summed E-state index contributed by atoms with van der Waals surface area (Å²) in [6.45, 7) is 1.24. The molecule has 0 radical (unpaired) electrons. The van der Waals surface area contributed by atoms with Crippen molar-refractivity contribution in [3.63, 3.8) is 0 Å². The fourth-order valence-electron chi connectivity index (χ4n) is 3.99. The number of para-hydroxylation sites is 2. The minimum absolute atomic E-state index is 0.00424. The Morgan fingerprint density at radius 2 is 1.14 bits per heavy atom. The summed E-state index contributed by atoms with van der Waals surface area (Å²) in [6, 6.07) is 34.5. The lowest BCUT2D eigenvalue weighted by Gasteiger charge is -2.06. The zero-order chi connectivity index (χ0) is 24.0. The molecule has 1 aromatic heterocycles. The van der Waals surface area contributed by atoms with E-state index in [1.165, 1.54) is 12.1 Å². The van der Waals surface area contributed by atoms with Gasteiger partial charge in [-0.2, -0.15) is 0 Å². The average molecular weight is 463 g/mol. The third-order valence-corrected chi connectivity index (χ3v) is 5.67. The Labute approximate surface area is 201 Å². The van der Waals surface area contributed by atoms with Gasteiger partial charge in [0.15, 0.2) is 0 Å².